The van der Waals surface area contributed by atoms with Gasteiger partial charge in [0.05, 0.1) is 26.4 Å². The van der Waals surface area contributed by atoms with Crippen LogP contribution in [0.5, 0.6) is 0 Å². The van der Waals surface area contributed by atoms with E-state index in [1.54, 1.807) is 0 Å². The number of rotatable bonds is 89. The van der Waals surface area contributed by atoms with Crippen LogP contribution in [0.2, 0.25) is 0 Å². The van der Waals surface area contributed by atoms with Crippen molar-refractivity contribution >= 4 is 39.5 Å². The van der Waals surface area contributed by atoms with Gasteiger partial charge in [-0.15, -0.1) is 0 Å². The number of carbonyl (C=O) groups is 4. The first-order chi connectivity index (χ1) is 52.9. The second kappa shape index (κ2) is 81.2. The molecule has 0 bridgehead atoms. The monoisotopic (exact) mass is 1590 g/mol. The Labute approximate surface area is 670 Å². The Morgan fingerprint density at radius 2 is 0.468 bits per heavy atom. The van der Waals surface area contributed by atoms with Gasteiger partial charge in [-0.25, -0.2) is 9.13 Å². The van der Waals surface area contributed by atoms with Gasteiger partial charge in [0.15, 0.2) is 12.2 Å². The zero-order chi connectivity index (χ0) is 79.9. The van der Waals surface area contributed by atoms with Crippen molar-refractivity contribution in [3.8, 4) is 0 Å². The smallest absolute Gasteiger partial charge is 0.462 e. The molecular formula is C90H176O17P2. The highest BCUT2D eigenvalue weighted by Gasteiger charge is 2.31. The molecule has 0 amide bonds. The van der Waals surface area contributed by atoms with Crippen LogP contribution in [0.15, 0.2) is 0 Å². The molecule has 0 aromatic carbocycles. The molecule has 3 unspecified atom stereocenters. The summed E-state index contributed by atoms with van der Waals surface area (Å²) in [6.07, 6.45) is 75.0. The molecule has 0 radical (unpaired) electrons. The second-order valence-electron chi connectivity index (χ2n) is 33.1. The fourth-order valence-corrected chi connectivity index (χ4v) is 15.7. The number of ether oxygens (including phenoxy) is 4. The highest BCUT2D eigenvalue weighted by Crippen LogP contribution is 2.45. The molecule has 17 nitrogen and oxygen atoms in total. The van der Waals surface area contributed by atoms with E-state index in [1.807, 2.05) is 0 Å². The van der Waals surface area contributed by atoms with Crippen LogP contribution in [0.25, 0.3) is 0 Å². The number of unbranched alkanes of at least 4 members (excludes halogenated alkanes) is 58. The molecule has 648 valence electrons. The molecule has 0 aliphatic heterocycles. The molecule has 0 fully saturated rings. The van der Waals surface area contributed by atoms with Gasteiger partial charge in [-0.05, 0) is 37.5 Å². The lowest BCUT2D eigenvalue weighted by Gasteiger charge is -2.21. The van der Waals surface area contributed by atoms with E-state index in [-0.39, 0.29) is 25.7 Å². The summed E-state index contributed by atoms with van der Waals surface area (Å²) in [5.74, 6) is -0.498. The first-order valence-electron chi connectivity index (χ1n) is 46.5. The van der Waals surface area contributed by atoms with Crippen molar-refractivity contribution in [2.24, 2.45) is 11.8 Å². The number of esters is 4. The number of hydrogen-bond acceptors (Lipinski definition) is 15. The maximum atomic E-state index is 13.2. The van der Waals surface area contributed by atoms with Crippen LogP contribution in [-0.2, 0) is 65.4 Å². The van der Waals surface area contributed by atoms with E-state index in [4.69, 9.17) is 37.0 Å². The van der Waals surface area contributed by atoms with Gasteiger partial charge in [0.1, 0.15) is 19.3 Å². The molecule has 19 heteroatoms. The predicted molar refractivity (Wildman–Crippen MR) is 451 cm³/mol. The SMILES string of the molecule is CCCCCCCCCCCCCCCCCCCCC(=O)OC[C@H](COP(=O)(O)OC[C@@H](O)COP(=O)(O)OC[C@@H](COC(=O)CCCCCCCCCCC(C)CC)OC(=O)CCCCCCCCCCCCCCCCCCCC)OC(=O)CCCCCCCCCCCCCCCCCCCCC(C)C. The van der Waals surface area contributed by atoms with Crippen molar-refractivity contribution < 1.29 is 80.2 Å². The fraction of sp³-hybridized carbons (Fsp3) is 0.956. The number of phosphoric ester groups is 2. The molecule has 0 aromatic rings. The molecule has 0 aliphatic carbocycles. The summed E-state index contributed by atoms with van der Waals surface area (Å²) in [4.78, 5) is 73.4. The van der Waals surface area contributed by atoms with Crippen molar-refractivity contribution in [3.63, 3.8) is 0 Å². The van der Waals surface area contributed by atoms with Crippen LogP contribution in [0.1, 0.15) is 485 Å². The quantitative estimate of drug-likeness (QED) is 0.0222. The number of aliphatic hydroxyl groups excluding tert-OH is 1. The van der Waals surface area contributed by atoms with E-state index in [2.05, 4.69) is 41.5 Å². The Morgan fingerprint density at radius 3 is 0.697 bits per heavy atom. The van der Waals surface area contributed by atoms with Crippen LogP contribution in [0.3, 0.4) is 0 Å². The Morgan fingerprint density at radius 1 is 0.266 bits per heavy atom. The van der Waals surface area contributed by atoms with Gasteiger partial charge >= 0.3 is 39.5 Å². The van der Waals surface area contributed by atoms with Crippen LogP contribution in [0.4, 0.5) is 0 Å². The average Bonchev–Trinajstić information content (AvgIpc) is 0.899. The minimum Gasteiger partial charge on any atom is -0.462 e. The van der Waals surface area contributed by atoms with E-state index in [0.29, 0.717) is 25.7 Å². The molecule has 6 atom stereocenters. The number of phosphoric acid groups is 2. The van der Waals surface area contributed by atoms with E-state index >= 15 is 0 Å². The third-order valence-electron chi connectivity index (χ3n) is 21.6. The molecular weight excluding hydrogens is 1410 g/mol. The first kappa shape index (κ1) is 107. The van der Waals surface area contributed by atoms with E-state index in [0.717, 1.165) is 102 Å². The largest absolute Gasteiger partial charge is 0.472 e. The summed E-state index contributed by atoms with van der Waals surface area (Å²) in [6.45, 7) is 9.74. The minimum absolute atomic E-state index is 0.108. The number of aliphatic hydroxyl groups is 1. The maximum Gasteiger partial charge on any atom is 0.472 e. The molecule has 0 saturated heterocycles. The van der Waals surface area contributed by atoms with E-state index in [9.17, 15) is 43.2 Å². The topological polar surface area (TPSA) is 237 Å². The van der Waals surface area contributed by atoms with Crippen molar-refractivity contribution in [3.05, 3.63) is 0 Å². The molecule has 109 heavy (non-hydrogen) atoms. The predicted octanol–water partition coefficient (Wildman–Crippen LogP) is 27.8. The van der Waals surface area contributed by atoms with Gasteiger partial charge < -0.3 is 33.8 Å². The molecule has 0 aromatic heterocycles. The molecule has 0 heterocycles. The molecule has 0 saturated carbocycles. The van der Waals surface area contributed by atoms with Crippen molar-refractivity contribution in [1.29, 1.82) is 0 Å². The van der Waals surface area contributed by atoms with Crippen molar-refractivity contribution in [2.45, 2.75) is 503 Å². The van der Waals surface area contributed by atoms with Gasteiger partial charge in [-0.3, -0.25) is 37.3 Å². The Bertz CT molecular complexity index is 2080. The third-order valence-corrected chi connectivity index (χ3v) is 23.5. The fourth-order valence-electron chi connectivity index (χ4n) is 14.1. The zero-order valence-corrected chi connectivity index (χ0v) is 73.7. The van der Waals surface area contributed by atoms with Gasteiger partial charge in [0.25, 0.3) is 0 Å². The summed E-state index contributed by atoms with van der Waals surface area (Å²) in [7, 11) is -9.94. The third kappa shape index (κ3) is 82.4. The molecule has 3 N–H and O–H groups in total. The first-order valence-corrected chi connectivity index (χ1v) is 49.5. The van der Waals surface area contributed by atoms with Crippen LogP contribution in [0, 0.1) is 11.8 Å². The lowest BCUT2D eigenvalue weighted by atomic mass is 9.99. The van der Waals surface area contributed by atoms with Gasteiger partial charge in [-0.2, -0.15) is 0 Å². The minimum atomic E-state index is -4.97. The summed E-state index contributed by atoms with van der Waals surface area (Å²) in [6, 6.07) is 0. The Hall–Kier alpha value is -1.94. The molecule has 0 spiro atoms. The van der Waals surface area contributed by atoms with Crippen LogP contribution in [-0.4, -0.2) is 96.7 Å². The summed E-state index contributed by atoms with van der Waals surface area (Å²) < 4.78 is 69.1. The highest BCUT2D eigenvalue weighted by molar-refractivity contribution is 7.47. The average molecular weight is 1590 g/mol. The summed E-state index contributed by atoms with van der Waals surface area (Å²) in [5.41, 5.74) is 0. The molecule has 0 rings (SSSR count). The number of carbonyl (C=O) groups excluding carboxylic acids is 4. The Balaban J connectivity index is 5.25. The second-order valence-corrected chi connectivity index (χ2v) is 36.0. The lowest BCUT2D eigenvalue weighted by molar-refractivity contribution is -0.161. The standard InChI is InChI=1S/C90H176O17P2/c1-7-10-12-14-16-18-20-22-24-26-31-35-39-43-47-54-60-66-72-87(92)100-78-85(106-89(94)74-69-63-57-49-45-41-37-33-29-28-30-34-38-42-46-52-58-64-70-82(4)5)80-104-108(96,97)102-76-84(91)77-103-109(98,99)105-81-86(79-101-88(93)73-67-61-55-51-50-53-59-65-71-83(6)9-3)107-90(95)75-68-62-56-48-44-40-36-32-27-25-23-21-19-17-15-13-11-8-2/h82-86,91H,7-81H2,1-6H3,(H,96,97)(H,98,99)/t83?,84-,85-,86-/m1/s1. The molecule has 0 aliphatic rings. The lowest BCUT2D eigenvalue weighted by Crippen LogP contribution is -2.30. The summed E-state index contributed by atoms with van der Waals surface area (Å²) in [5, 5.41) is 10.7. The van der Waals surface area contributed by atoms with Crippen molar-refractivity contribution in [1.82, 2.24) is 0 Å². The maximum absolute atomic E-state index is 13.2. The van der Waals surface area contributed by atoms with E-state index < -0.39 is 97.5 Å². The number of hydrogen-bond donors (Lipinski definition) is 3. The van der Waals surface area contributed by atoms with Gasteiger partial charge in [0.2, 0.25) is 0 Å². The van der Waals surface area contributed by atoms with Gasteiger partial charge in [0, 0.05) is 25.7 Å². The van der Waals surface area contributed by atoms with E-state index in [1.165, 1.54) is 302 Å². The summed E-state index contributed by atoms with van der Waals surface area (Å²) >= 11 is 0. The zero-order valence-electron chi connectivity index (χ0n) is 71.9. The van der Waals surface area contributed by atoms with Gasteiger partial charge in [-0.1, -0.05) is 433 Å². The normalized spacial score (nSPS) is 14.0. The highest BCUT2D eigenvalue weighted by atomic mass is 31.2. The Kier molecular flexibility index (Phi) is 79.8. The van der Waals surface area contributed by atoms with Crippen LogP contribution < -0.4 is 0 Å². The van der Waals surface area contributed by atoms with Crippen molar-refractivity contribution in [2.75, 3.05) is 39.6 Å². The van der Waals surface area contributed by atoms with Crippen LogP contribution >= 0.6 is 15.6 Å².